The molecule has 0 atom stereocenters. The molecule has 0 aromatic heterocycles. The molecule has 18 heavy (non-hydrogen) atoms. The Labute approximate surface area is 112 Å². The zero-order valence-corrected chi connectivity index (χ0v) is 12.0. The van der Waals surface area contributed by atoms with Gasteiger partial charge in [0.05, 0.1) is 0 Å². The zero-order valence-electron chi connectivity index (χ0n) is 12.0. The average molecular weight is 255 g/mol. The van der Waals surface area contributed by atoms with E-state index < -0.39 is 5.97 Å². The monoisotopic (exact) mass is 255 g/mol. The molecule has 0 saturated carbocycles. The first kappa shape index (κ1) is 17.2. The summed E-state index contributed by atoms with van der Waals surface area (Å²) in [5.41, 5.74) is 0.608. The summed E-state index contributed by atoms with van der Waals surface area (Å²) in [7, 11) is 0. The Morgan fingerprint density at radius 3 is 2.00 bits per heavy atom. The molecule has 0 spiro atoms. The Hall–Kier alpha value is -0.830. The molecule has 2 N–H and O–H groups in total. The van der Waals surface area contributed by atoms with E-state index in [-0.39, 0.29) is 0 Å². The van der Waals surface area contributed by atoms with Gasteiger partial charge in [0, 0.05) is 5.57 Å². The van der Waals surface area contributed by atoms with Crippen LogP contribution < -0.4 is 5.90 Å². The van der Waals surface area contributed by atoms with Crippen molar-refractivity contribution in [3.8, 4) is 0 Å². The van der Waals surface area contributed by atoms with E-state index in [9.17, 15) is 4.79 Å². The third kappa shape index (κ3) is 10.3. The van der Waals surface area contributed by atoms with E-state index >= 15 is 0 Å². The first-order valence-electron chi connectivity index (χ1n) is 7.30. The summed E-state index contributed by atoms with van der Waals surface area (Å²) in [5, 5.41) is 0. The highest BCUT2D eigenvalue weighted by Gasteiger charge is 2.01. The molecular weight excluding hydrogens is 226 g/mol. The molecule has 0 aromatic rings. The molecule has 0 aliphatic heterocycles. The number of hydrogen-bond acceptors (Lipinski definition) is 3. The van der Waals surface area contributed by atoms with Crippen LogP contribution in [0.1, 0.15) is 78.1 Å². The molecule has 106 valence electrons. The van der Waals surface area contributed by atoms with Crippen molar-refractivity contribution in [3.05, 3.63) is 11.6 Å². The van der Waals surface area contributed by atoms with Crippen LogP contribution in [-0.2, 0) is 9.63 Å². The minimum Gasteiger partial charge on any atom is -0.370 e. The third-order valence-electron chi connectivity index (χ3n) is 3.19. The van der Waals surface area contributed by atoms with E-state index in [0.717, 1.165) is 12.8 Å². The predicted molar refractivity (Wildman–Crippen MR) is 75.9 cm³/mol. The maximum atomic E-state index is 11.0. The first-order chi connectivity index (χ1) is 8.72. The molecule has 0 rings (SSSR count). The molecule has 3 heteroatoms. The fourth-order valence-corrected chi connectivity index (χ4v) is 1.95. The SMILES string of the molecule is CCCCCCCCCCCC=C(C)C(=O)ON. The van der Waals surface area contributed by atoms with Gasteiger partial charge in [0.2, 0.25) is 0 Å². The summed E-state index contributed by atoms with van der Waals surface area (Å²) >= 11 is 0. The molecule has 3 nitrogen and oxygen atoms in total. The van der Waals surface area contributed by atoms with Crippen LogP contribution in [0.3, 0.4) is 0 Å². The van der Waals surface area contributed by atoms with Gasteiger partial charge in [-0.2, -0.15) is 5.90 Å². The highest BCUT2D eigenvalue weighted by molar-refractivity contribution is 5.87. The molecular formula is C15H29NO2. The summed E-state index contributed by atoms with van der Waals surface area (Å²) in [6, 6.07) is 0. The third-order valence-corrected chi connectivity index (χ3v) is 3.19. The maximum Gasteiger partial charge on any atom is 0.351 e. The van der Waals surface area contributed by atoms with Crippen molar-refractivity contribution in [1.29, 1.82) is 0 Å². The molecule has 0 heterocycles. The minimum atomic E-state index is -0.425. The van der Waals surface area contributed by atoms with E-state index in [1.165, 1.54) is 51.4 Å². The standard InChI is InChI=1S/C15H29NO2/c1-3-4-5-6-7-8-9-10-11-12-13-14(2)15(17)18-16/h13H,3-12,16H2,1-2H3. The van der Waals surface area contributed by atoms with E-state index in [4.69, 9.17) is 5.90 Å². The zero-order chi connectivity index (χ0) is 13.6. The lowest BCUT2D eigenvalue weighted by Gasteiger charge is -2.01. The number of carbonyl (C=O) groups is 1. The lowest BCUT2D eigenvalue weighted by atomic mass is 10.1. The predicted octanol–water partition coefficient (Wildman–Crippen LogP) is 4.27. The number of allylic oxidation sites excluding steroid dienone is 1. The van der Waals surface area contributed by atoms with Gasteiger partial charge in [0.1, 0.15) is 0 Å². The summed E-state index contributed by atoms with van der Waals surface area (Å²) in [5.74, 6) is 4.38. The van der Waals surface area contributed by atoms with Crippen molar-refractivity contribution >= 4 is 5.97 Å². The van der Waals surface area contributed by atoms with E-state index in [1.54, 1.807) is 6.92 Å². The van der Waals surface area contributed by atoms with E-state index in [0.29, 0.717) is 5.57 Å². The first-order valence-corrected chi connectivity index (χ1v) is 7.30. The Kier molecular flexibility index (Phi) is 12.0. The molecule has 0 saturated heterocycles. The van der Waals surface area contributed by atoms with Crippen LogP contribution in [0, 0.1) is 0 Å². The molecule has 0 aromatic carbocycles. The molecule has 0 amide bonds. The van der Waals surface area contributed by atoms with Crippen molar-refractivity contribution in [2.75, 3.05) is 0 Å². The normalized spacial score (nSPS) is 11.6. The van der Waals surface area contributed by atoms with Gasteiger partial charge in [0.15, 0.2) is 0 Å². The fourth-order valence-electron chi connectivity index (χ4n) is 1.95. The van der Waals surface area contributed by atoms with Crippen molar-refractivity contribution in [2.45, 2.75) is 78.1 Å². The second kappa shape index (κ2) is 12.6. The van der Waals surface area contributed by atoms with Crippen molar-refractivity contribution in [2.24, 2.45) is 5.90 Å². The molecule has 0 fully saturated rings. The number of nitrogens with two attached hydrogens (primary N) is 1. The second-order valence-electron chi connectivity index (χ2n) is 4.91. The lowest BCUT2D eigenvalue weighted by molar-refractivity contribution is -0.139. The number of hydrogen-bond donors (Lipinski definition) is 1. The van der Waals surface area contributed by atoms with Gasteiger partial charge in [-0.1, -0.05) is 64.4 Å². The fraction of sp³-hybridized carbons (Fsp3) is 0.800. The van der Waals surface area contributed by atoms with Gasteiger partial charge in [0.25, 0.3) is 0 Å². The minimum absolute atomic E-state index is 0.425. The van der Waals surface area contributed by atoms with Crippen molar-refractivity contribution in [1.82, 2.24) is 0 Å². The molecule has 0 radical (unpaired) electrons. The lowest BCUT2D eigenvalue weighted by Crippen LogP contribution is -2.10. The largest absolute Gasteiger partial charge is 0.370 e. The second-order valence-corrected chi connectivity index (χ2v) is 4.91. The number of unbranched alkanes of at least 4 members (excludes halogenated alkanes) is 9. The van der Waals surface area contributed by atoms with Crippen LogP contribution in [0.25, 0.3) is 0 Å². The van der Waals surface area contributed by atoms with E-state index in [1.807, 2.05) is 6.08 Å². The average Bonchev–Trinajstić information content (AvgIpc) is 2.39. The Morgan fingerprint density at radius 2 is 1.50 bits per heavy atom. The van der Waals surface area contributed by atoms with Gasteiger partial charge in [-0.15, -0.1) is 0 Å². The van der Waals surface area contributed by atoms with Gasteiger partial charge in [-0.3, -0.25) is 0 Å². The van der Waals surface area contributed by atoms with Crippen LogP contribution in [0.5, 0.6) is 0 Å². The number of carbonyl (C=O) groups excluding carboxylic acids is 1. The summed E-state index contributed by atoms with van der Waals surface area (Å²) in [6.07, 6.45) is 14.7. The Morgan fingerprint density at radius 1 is 1.00 bits per heavy atom. The van der Waals surface area contributed by atoms with Crippen LogP contribution in [0.4, 0.5) is 0 Å². The maximum absolute atomic E-state index is 11.0. The van der Waals surface area contributed by atoms with Gasteiger partial charge < -0.3 is 4.84 Å². The Bertz CT molecular complexity index is 237. The highest BCUT2D eigenvalue weighted by atomic mass is 16.7. The van der Waals surface area contributed by atoms with Crippen LogP contribution in [-0.4, -0.2) is 5.97 Å². The topological polar surface area (TPSA) is 52.3 Å². The van der Waals surface area contributed by atoms with Crippen LogP contribution >= 0.6 is 0 Å². The summed E-state index contributed by atoms with van der Waals surface area (Å²) in [6.45, 7) is 3.98. The highest BCUT2D eigenvalue weighted by Crippen LogP contribution is 2.11. The van der Waals surface area contributed by atoms with Crippen LogP contribution in [0.15, 0.2) is 11.6 Å². The Balaban J connectivity index is 3.28. The van der Waals surface area contributed by atoms with E-state index in [2.05, 4.69) is 11.8 Å². The summed E-state index contributed by atoms with van der Waals surface area (Å²) < 4.78 is 0. The van der Waals surface area contributed by atoms with Gasteiger partial charge in [-0.25, -0.2) is 4.79 Å². The van der Waals surface area contributed by atoms with Gasteiger partial charge >= 0.3 is 5.97 Å². The van der Waals surface area contributed by atoms with Crippen molar-refractivity contribution in [3.63, 3.8) is 0 Å². The van der Waals surface area contributed by atoms with Crippen LogP contribution in [0.2, 0.25) is 0 Å². The number of rotatable bonds is 11. The quantitative estimate of drug-likeness (QED) is 0.341. The molecule has 0 bridgehead atoms. The summed E-state index contributed by atoms with van der Waals surface area (Å²) in [4.78, 5) is 15.1. The smallest absolute Gasteiger partial charge is 0.351 e. The van der Waals surface area contributed by atoms with Gasteiger partial charge in [-0.05, 0) is 19.8 Å². The molecule has 0 aliphatic rings. The van der Waals surface area contributed by atoms with Crippen molar-refractivity contribution < 1.29 is 9.63 Å². The molecule has 0 aliphatic carbocycles. The molecule has 0 unspecified atom stereocenters.